The molecule has 0 aliphatic carbocycles. The van der Waals surface area contributed by atoms with E-state index < -0.39 is 6.04 Å². The number of rotatable bonds is 3. The van der Waals surface area contributed by atoms with E-state index in [1.165, 1.54) is 0 Å². The molecule has 5 nitrogen and oxygen atoms in total. The van der Waals surface area contributed by atoms with Gasteiger partial charge in [-0.15, -0.1) is 0 Å². The van der Waals surface area contributed by atoms with Gasteiger partial charge < -0.3 is 4.90 Å². The molecule has 1 N–H and O–H groups in total. The van der Waals surface area contributed by atoms with Crippen LogP contribution in [0.15, 0.2) is 18.2 Å². The maximum Gasteiger partial charge on any atom is 0.255 e. The van der Waals surface area contributed by atoms with Gasteiger partial charge in [0.2, 0.25) is 11.8 Å². The van der Waals surface area contributed by atoms with E-state index in [0.717, 1.165) is 17.5 Å². The highest BCUT2D eigenvalue weighted by Gasteiger charge is 2.38. The summed E-state index contributed by atoms with van der Waals surface area (Å²) in [4.78, 5) is 37.4. The van der Waals surface area contributed by atoms with Gasteiger partial charge in [-0.3, -0.25) is 19.7 Å². The Morgan fingerprint density at radius 1 is 1.27 bits per heavy atom. The van der Waals surface area contributed by atoms with Gasteiger partial charge in [0.25, 0.3) is 5.91 Å². The summed E-state index contributed by atoms with van der Waals surface area (Å²) in [6, 6.07) is 5.45. The van der Waals surface area contributed by atoms with E-state index in [0.29, 0.717) is 24.4 Å². The number of amides is 3. The Bertz CT molecular complexity index is 651. The van der Waals surface area contributed by atoms with Crippen LogP contribution in [0.2, 0.25) is 0 Å². The zero-order valence-electron chi connectivity index (χ0n) is 12.9. The van der Waals surface area contributed by atoms with Crippen molar-refractivity contribution in [2.75, 3.05) is 0 Å². The minimum Gasteiger partial charge on any atom is -0.322 e. The molecular formula is C17H20N2O3. The van der Waals surface area contributed by atoms with Gasteiger partial charge >= 0.3 is 0 Å². The number of hydrogen-bond acceptors (Lipinski definition) is 3. The van der Waals surface area contributed by atoms with Gasteiger partial charge in [0, 0.05) is 18.5 Å². The summed E-state index contributed by atoms with van der Waals surface area (Å²) >= 11 is 0. The summed E-state index contributed by atoms with van der Waals surface area (Å²) in [7, 11) is 0. The van der Waals surface area contributed by atoms with Crippen LogP contribution in [0.1, 0.15) is 48.2 Å². The van der Waals surface area contributed by atoms with Crippen LogP contribution in [-0.4, -0.2) is 28.7 Å². The van der Waals surface area contributed by atoms with Crippen LogP contribution in [0.5, 0.6) is 0 Å². The summed E-state index contributed by atoms with van der Waals surface area (Å²) in [5.74, 6) is -0.194. The Morgan fingerprint density at radius 2 is 2.05 bits per heavy atom. The van der Waals surface area contributed by atoms with Crippen molar-refractivity contribution in [3.8, 4) is 0 Å². The minimum absolute atomic E-state index is 0.102. The largest absolute Gasteiger partial charge is 0.322 e. The lowest BCUT2D eigenvalue weighted by Crippen LogP contribution is -2.52. The van der Waals surface area contributed by atoms with Crippen molar-refractivity contribution in [1.29, 1.82) is 0 Å². The van der Waals surface area contributed by atoms with Crippen molar-refractivity contribution in [2.24, 2.45) is 5.92 Å². The zero-order valence-corrected chi connectivity index (χ0v) is 12.9. The van der Waals surface area contributed by atoms with Crippen molar-refractivity contribution in [2.45, 2.75) is 45.7 Å². The van der Waals surface area contributed by atoms with E-state index >= 15 is 0 Å². The van der Waals surface area contributed by atoms with E-state index in [1.54, 1.807) is 4.90 Å². The number of nitrogens with zero attached hydrogens (tertiary/aromatic N) is 1. The minimum atomic E-state index is -0.536. The predicted molar refractivity (Wildman–Crippen MR) is 81.0 cm³/mol. The fourth-order valence-electron chi connectivity index (χ4n) is 3.20. The first-order chi connectivity index (χ1) is 10.5. The molecule has 0 aromatic heterocycles. The van der Waals surface area contributed by atoms with Crippen LogP contribution >= 0.6 is 0 Å². The van der Waals surface area contributed by atoms with Gasteiger partial charge in [-0.05, 0) is 36.0 Å². The first kappa shape index (κ1) is 14.8. The first-order valence-electron chi connectivity index (χ1n) is 7.72. The first-order valence-corrected chi connectivity index (χ1v) is 7.72. The average molecular weight is 300 g/mol. The SMILES string of the molecule is CC(C)Cc1ccc2c(c1)C(=O)N(C1CCC(=O)NC1=O)C2. The van der Waals surface area contributed by atoms with E-state index in [1.807, 2.05) is 12.1 Å². The van der Waals surface area contributed by atoms with Crippen LogP contribution in [-0.2, 0) is 22.6 Å². The number of piperidine rings is 1. The number of benzene rings is 1. The summed E-state index contributed by atoms with van der Waals surface area (Å²) in [5.41, 5.74) is 2.80. The highest BCUT2D eigenvalue weighted by Crippen LogP contribution is 2.28. The summed E-state index contributed by atoms with van der Waals surface area (Å²) in [5, 5.41) is 2.32. The molecule has 5 heteroatoms. The second-order valence-electron chi connectivity index (χ2n) is 6.49. The highest BCUT2D eigenvalue weighted by atomic mass is 16.2. The number of imide groups is 1. The monoisotopic (exact) mass is 300 g/mol. The second-order valence-corrected chi connectivity index (χ2v) is 6.49. The third kappa shape index (κ3) is 2.63. The molecule has 1 aromatic carbocycles. The summed E-state index contributed by atoms with van der Waals surface area (Å²) in [6.07, 6.45) is 1.62. The summed E-state index contributed by atoms with van der Waals surface area (Å²) in [6.45, 7) is 4.73. The molecule has 3 rings (SSSR count). The van der Waals surface area contributed by atoms with E-state index in [4.69, 9.17) is 0 Å². The Morgan fingerprint density at radius 3 is 2.73 bits per heavy atom. The lowest BCUT2D eigenvalue weighted by molar-refractivity contribution is -0.136. The molecular weight excluding hydrogens is 280 g/mol. The van der Waals surface area contributed by atoms with Gasteiger partial charge in [-0.2, -0.15) is 0 Å². The highest BCUT2D eigenvalue weighted by molar-refractivity contribution is 6.05. The van der Waals surface area contributed by atoms with E-state index in [-0.39, 0.29) is 24.1 Å². The predicted octanol–water partition coefficient (Wildman–Crippen LogP) is 1.65. The Balaban J connectivity index is 1.82. The normalized spacial score (nSPS) is 21.3. The Hall–Kier alpha value is -2.17. The van der Waals surface area contributed by atoms with Gasteiger partial charge in [-0.25, -0.2) is 0 Å². The van der Waals surface area contributed by atoms with E-state index in [9.17, 15) is 14.4 Å². The molecule has 1 aromatic rings. The molecule has 2 aliphatic heterocycles. The van der Waals surface area contributed by atoms with Crippen molar-refractivity contribution in [1.82, 2.24) is 10.2 Å². The molecule has 2 heterocycles. The standard InChI is InChI=1S/C17H20N2O3/c1-10(2)7-11-3-4-12-9-19(17(22)13(12)8-11)14-5-6-15(20)18-16(14)21/h3-4,8,10,14H,5-7,9H2,1-2H3,(H,18,20,21). The second kappa shape index (κ2) is 5.55. The van der Waals surface area contributed by atoms with Crippen molar-refractivity contribution in [3.63, 3.8) is 0 Å². The van der Waals surface area contributed by atoms with Crippen molar-refractivity contribution in [3.05, 3.63) is 34.9 Å². The quantitative estimate of drug-likeness (QED) is 0.863. The van der Waals surface area contributed by atoms with Gasteiger partial charge in [0.05, 0.1) is 0 Å². The molecule has 2 aliphatic rings. The lowest BCUT2D eigenvalue weighted by Gasteiger charge is -2.29. The topological polar surface area (TPSA) is 66.5 Å². The molecule has 116 valence electrons. The Labute approximate surface area is 129 Å². The maximum absolute atomic E-state index is 12.6. The molecule has 3 amide bonds. The van der Waals surface area contributed by atoms with E-state index in [2.05, 4.69) is 25.2 Å². The third-order valence-electron chi connectivity index (χ3n) is 4.24. The fraction of sp³-hybridized carbons (Fsp3) is 0.471. The number of nitrogens with one attached hydrogen (secondary N) is 1. The van der Waals surface area contributed by atoms with Gasteiger partial charge in [0.1, 0.15) is 6.04 Å². The van der Waals surface area contributed by atoms with Gasteiger partial charge in [-0.1, -0.05) is 26.0 Å². The molecule has 1 fully saturated rings. The molecule has 0 spiro atoms. The van der Waals surface area contributed by atoms with Crippen LogP contribution in [0, 0.1) is 5.92 Å². The van der Waals surface area contributed by atoms with Crippen LogP contribution < -0.4 is 5.32 Å². The lowest BCUT2D eigenvalue weighted by atomic mass is 9.99. The molecule has 1 saturated heterocycles. The van der Waals surface area contributed by atoms with Crippen molar-refractivity contribution >= 4 is 17.7 Å². The number of hydrogen-bond donors (Lipinski definition) is 1. The molecule has 0 radical (unpaired) electrons. The number of carbonyl (C=O) groups excluding carboxylic acids is 3. The smallest absolute Gasteiger partial charge is 0.255 e. The number of fused-ring (bicyclic) bond motifs is 1. The van der Waals surface area contributed by atoms with Gasteiger partial charge in [0.15, 0.2) is 0 Å². The molecule has 22 heavy (non-hydrogen) atoms. The van der Waals surface area contributed by atoms with Crippen LogP contribution in [0.4, 0.5) is 0 Å². The zero-order chi connectivity index (χ0) is 15.9. The maximum atomic E-state index is 12.6. The molecule has 1 atom stereocenters. The van der Waals surface area contributed by atoms with Crippen molar-refractivity contribution < 1.29 is 14.4 Å². The molecule has 0 saturated carbocycles. The summed E-state index contributed by atoms with van der Waals surface area (Å²) < 4.78 is 0. The molecule has 1 unspecified atom stereocenters. The van der Waals surface area contributed by atoms with Crippen LogP contribution in [0.3, 0.4) is 0 Å². The third-order valence-corrected chi connectivity index (χ3v) is 4.24. The fourth-order valence-corrected chi connectivity index (χ4v) is 3.20. The Kier molecular flexibility index (Phi) is 3.72. The number of carbonyl (C=O) groups is 3. The van der Waals surface area contributed by atoms with Crippen LogP contribution in [0.25, 0.3) is 0 Å². The average Bonchev–Trinajstić information content (AvgIpc) is 2.75. The molecule has 0 bridgehead atoms.